The van der Waals surface area contributed by atoms with Crippen molar-refractivity contribution in [3.8, 4) is 0 Å². The summed E-state index contributed by atoms with van der Waals surface area (Å²) >= 11 is 1.59. The molecule has 7 heteroatoms. The highest BCUT2D eigenvalue weighted by molar-refractivity contribution is 7.89. The Morgan fingerprint density at radius 2 is 2.10 bits per heavy atom. The van der Waals surface area contributed by atoms with Crippen molar-refractivity contribution in [1.82, 2.24) is 9.29 Å². The molecule has 21 heavy (non-hydrogen) atoms. The van der Waals surface area contributed by atoms with E-state index < -0.39 is 10.0 Å². The molecule has 5 nitrogen and oxygen atoms in total. The SMILES string of the molecule is Cc1ccc(CNS(=O)(=O)c2cc(CN)n(C(C)C)c2)s1. The zero-order valence-electron chi connectivity index (χ0n) is 12.5. The van der Waals surface area contributed by atoms with Crippen LogP contribution in [0.15, 0.2) is 29.3 Å². The molecule has 0 saturated carbocycles. The number of aromatic nitrogens is 1. The van der Waals surface area contributed by atoms with Crippen molar-refractivity contribution < 1.29 is 8.42 Å². The van der Waals surface area contributed by atoms with E-state index in [1.54, 1.807) is 23.6 Å². The minimum Gasteiger partial charge on any atom is -0.346 e. The molecular weight excluding hydrogens is 306 g/mol. The molecule has 0 atom stereocenters. The van der Waals surface area contributed by atoms with Crippen molar-refractivity contribution >= 4 is 21.4 Å². The number of nitrogens with one attached hydrogen (secondary N) is 1. The van der Waals surface area contributed by atoms with E-state index in [-0.39, 0.29) is 10.9 Å². The Morgan fingerprint density at radius 1 is 1.38 bits per heavy atom. The Bertz CT molecular complexity index is 714. The third kappa shape index (κ3) is 3.74. The van der Waals surface area contributed by atoms with Crippen molar-refractivity contribution in [3.63, 3.8) is 0 Å². The molecule has 0 spiro atoms. The molecule has 0 aliphatic carbocycles. The van der Waals surface area contributed by atoms with Gasteiger partial charge in [-0.05, 0) is 39.0 Å². The van der Waals surface area contributed by atoms with Crippen LogP contribution < -0.4 is 10.5 Å². The van der Waals surface area contributed by atoms with E-state index in [2.05, 4.69) is 4.72 Å². The van der Waals surface area contributed by atoms with E-state index in [1.165, 1.54) is 4.88 Å². The topological polar surface area (TPSA) is 77.1 Å². The molecule has 0 unspecified atom stereocenters. The van der Waals surface area contributed by atoms with E-state index >= 15 is 0 Å². The predicted octanol–water partition coefficient (Wildman–Crippen LogP) is 2.38. The van der Waals surface area contributed by atoms with Gasteiger partial charge in [-0.25, -0.2) is 13.1 Å². The zero-order chi connectivity index (χ0) is 15.6. The smallest absolute Gasteiger partial charge is 0.242 e. The first kappa shape index (κ1) is 16.2. The first-order valence-corrected chi connectivity index (χ1v) is 9.09. The maximum atomic E-state index is 12.4. The monoisotopic (exact) mass is 327 g/mol. The molecule has 0 bridgehead atoms. The van der Waals surface area contributed by atoms with Crippen LogP contribution in [0.4, 0.5) is 0 Å². The Labute approximate surface area is 129 Å². The van der Waals surface area contributed by atoms with Crippen molar-refractivity contribution in [2.45, 2.75) is 44.8 Å². The van der Waals surface area contributed by atoms with Crippen LogP contribution in [0.1, 0.15) is 35.3 Å². The van der Waals surface area contributed by atoms with E-state index in [9.17, 15) is 8.42 Å². The fraction of sp³-hybridized carbons (Fsp3) is 0.429. The lowest BCUT2D eigenvalue weighted by atomic mass is 10.3. The fourth-order valence-electron chi connectivity index (χ4n) is 2.12. The minimum absolute atomic E-state index is 0.174. The third-order valence-corrected chi connectivity index (χ3v) is 5.58. The van der Waals surface area contributed by atoms with Crippen LogP contribution in [0.2, 0.25) is 0 Å². The third-order valence-electron chi connectivity index (χ3n) is 3.22. The number of nitrogens with zero attached hydrogens (tertiary/aromatic N) is 1. The summed E-state index contributed by atoms with van der Waals surface area (Å²) in [5.41, 5.74) is 6.50. The van der Waals surface area contributed by atoms with Gasteiger partial charge in [0.25, 0.3) is 0 Å². The van der Waals surface area contributed by atoms with Crippen molar-refractivity contribution in [2.75, 3.05) is 0 Å². The van der Waals surface area contributed by atoms with Gasteiger partial charge in [0.2, 0.25) is 10.0 Å². The van der Waals surface area contributed by atoms with Gasteiger partial charge in [-0.15, -0.1) is 11.3 Å². The highest BCUT2D eigenvalue weighted by atomic mass is 32.2. The van der Waals surface area contributed by atoms with Gasteiger partial charge in [-0.2, -0.15) is 0 Å². The molecule has 0 aliphatic rings. The van der Waals surface area contributed by atoms with Crippen LogP contribution in [0.5, 0.6) is 0 Å². The average Bonchev–Trinajstić information content (AvgIpc) is 3.02. The lowest BCUT2D eigenvalue weighted by Gasteiger charge is -2.10. The number of sulfonamides is 1. The number of hydrogen-bond donors (Lipinski definition) is 2. The molecule has 2 aromatic heterocycles. The average molecular weight is 327 g/mol. The second-order valence-corrected chi connectivity index (χ2v) is 8.35. The second-order valence-electron chi connectivity index (χ2n) is 5.21. The number of nitrogens with two attached hydrogens (primary N) is 1. The molecule has 2 heterocycles. The molecule has 0 aliphatic heterocycles. The zero-order valence-corrected chi connectivity index (χ0v) is 14.1. The summed E-state index contributed by atoms with van der Waals surface area (Å²) in [5, 5.41) is 0. The maximum absolute atomic E-state index is 12.4. The van der Waals surface area contributed by atoms with Gasteiger partial charge in [0.15, 0.2) is 0 Å². The summed E-state index contributed by atoms with van der Waals surface area (Å²) in [6, 6.07) is 5.73. The molecule has 0 aromatic carbocycles. The van der Waals surface area contributed by atoms with Crippen LogP contribution in [-0.2, 0) is 23.1 Å². The van der Waals surface area contributed by atoms with Gasteiger partial charge in [-0.1, -0.05) is 0 Å². The molecule has 116 valence electrons. The maximum Gasteiger partial charge on any atom is 0.242 e. The summed E-state index contributed by atoms with van der Waals surface area (Å²) in [4.78, 5) is 2.43. The van der Waals surface area contributed by atoms with E-state index in [0.29, 0.717) is 13.1 Å². The quantitative estimate of drug-likeness (QED) is 0.855. The number of aryl methyl sites for hydroxylation is 1. The first-order valence-electron chi connectivity index (χ1n) is 6.79. The fourth-order valence-corrected chi connectivity index (χ4v) is 4.09. The number of rotatable bonds is 6. The Hall–Kier alpha value is -1.15. The van der Waals surface area contributed by atoms with E-state index in [1.807, 2.05) is 37.5 Å². The first-order chi connectivity index (χ1) is 9.83. The summed E-state index contributed by atoms with van der Waals surface area (Å²) in [6.07, 6.45) is 1.65. The summed E-state index contributed by atoms with van der Waals surface area (Å²) in [5.74, 6) is 0. The van der Waals surface area contributed by atoms with Crippen LogP contribution in [0, 0.1) is 6.92 Å². The lowest BCUT2D eigenvalue weighted by molar-refractivity contribution is 0.569. The van der Waals surface area contributed by atoms with Gasteiger partial charge < -0.3 is 10.3 Å². The van der Waals surface area contributed by atoms with Crippen LogP contribution in [-0.4, -0.2) is 13.0 Å². The summed E-state index contributed by atoms with van der Waals surface area (Å²) in [6.45, 7) is 6.62. The molecule has 0 fully saturated rings. The molecule has 0 radical (unpaired) electrons. The molecule has 3 N–H and O–H groups in total. The number of hydrogen-bond acceptors (Lipinski definition) is 4. The van der Waals surface area contributed by atoms with Gasteiger partial charge in [0, 0.05) is 40.8 Å². The Morgan fingerprint density at radius 3 is 2.57 bits per heavy atom. The van der Waals surface area contributed by atoms with Crippen LogP contribution in [0.25, 0.3) is 0 Å². The molecule has 2 rings (SSSR count). The van der Waals surface area contributed by atoms with E-state index in [0.717, 1.165) is 10.6 Å². The highest BCUT2D eigenvalue weighted by Crippen LogP contribution is 2.20. The normalized spacial score (nSPS) is 12.2. The molecular formula is C14H21N3O2S2. The molecule has 0 saturated heterocycles. The minimum atomic E-state index is -3.51. The largest absolute Gasteiger partial charge is 0.346 e. The van der Waals surface area contributed by atoms with Crippen LogP contribution >= 0.6 is 11.3 Å². The number of thiophene rings is 1. The van der Waals surface area contributed by atoms with Gasteiger partial charge in [0.1, 0.15) is 0 Å². The van der Waals surface area contributed by atoms with Crippen molar-refractivity contribution in [3.05, 3.63) is 39.8 Å². The Balaban J connectivity index is 2.19. The van der Waals surface area contributed by atoms with Gasteiger partial charge >= 0.3 is 0 Å². The van der Waals surface area contributed by atoms with Crippen molar-refractivity contribution in [1.29, 1.82) is 0 Å². The van der Waals surface area contributed by atoms with Gasteiger partial charge in [-0.3, -0.25) is 0 Å². The Kier molecular flexibility index (Phi) is 4.88. The second kappa shape index (κ2) is 6.31. The highest BCUT2D eigenvalue weighted by Gasteiger charge is 2.19. The summed E-state index contributed by atoms with van der Waals surface area (Å²) in [7, 11) is -3.51. The summed E-state index contributed by atoms with van der Waals surface area (Å²) < 4.78 is 29.2. The van der Waals surface area contributed by atoms with Crippen LogP contribution in [0.3, 0.4) is 0 Å². The lowest BCUT2D eigenvalue weighted by Crippen LogP contribution is -2.22. The predicted molar refractivity (Wildman–Crippen MR) is 85.8 cm³/mol. The standard InChI is InChI=1S/C14H21N3O2S2/c1-10(2)17-9-14(6-12(17)7-15)21(18,19)16-8-13-5-4-11(3)20-13/h4-6,9-10,16H,7-8,15H2,1-3H3. The molecule has 0 amide bonds. The van der Waals surface area contributed by atoms with E-state index in [4.69, 9.17) is 5.73 Å². The van der Waals surface area contributed by atoms with Crippen molar-refractivity contribution in [2.24, 2.45) is 5.73 Å². The molecule has 2 aromatic rings. The van der Waals surface area contributed by atoms with Gasteiger partial charge in [0.05, 0.1) is 4.90 Å².